The van der Waals surface area contributed by atoms with E-state index in [4.69, 9.17) is 10.2 Å². The van der Waals surface area contributed by atoms with E-state index in [0.717, 1.165) is 4.90 Å². The minimum atomic E-state index is -4.77. The molecule has 0 spiro atoms. The zero-order chi connectivity index (χ0) is 12.6. The van der Waals surface area contributed by atoms with E-state index in [0.29, 0.717) is 0 Å². The third kappa shape index (κ3) is 2.33. The van der Waals surface area contributed by atoms with Crippen molar-refractivity contribution in [2.75, 3.05) is 19.8 Å². The van der Waals surface area contributed by atoms with Crippen molar-refractivity contribution in [2.24, 2.45) is 0 Å². The highest BCUT2D eigenvalue weighted by atomic mass is 32.3. The normalized spacial score (nSPS) is 22.9. The third-order valence-electron chi connectivity index (χ3n) is 2.82. The second-order valence-corrected chi connectivity index (χ2v) is 5.74. The average Bonchev–Trinajstić information content (AvgIpc) is 2.59. The van der Waals surface area contributed by atoms with Gasteiger partial charge in [-0.15, -0.1) is 3.89 Å². The quantitative estimate of drug-likeness (QED) is 0.604. The Morgan fingerprint density at radius 2 is 2.00 bits per heavy atom. The van der Waals surface area contributed by atoms with Gasteiger partial charge < -0.3 is 15.1 Å². The average molecular weight is 255 g/mol. The standard InChI is InChI=1S/C8H14FNO5S/c1-8(4-11,5-12)10-3-6(2-7(10)13)16(9,14)15/h6,11-12H,2-5H2,1H3. The lowest BCUT2D eigenvalue weighted by Crippen LogP contribution is -2.53. The van der Waals surface area contributed by atoms with Crippen LogP contribution in [0.1, 0.15) is 13.3 Å². The van der Waals surface area contributed by atoms with Crippen LogP contribution < -0.4 is 0 Å². The molecule has 6 nitrogen and oxygen atoms in total. The minimum Gasteiger partial charge on any atom is -0.394 e. The summed E-state index contributed by atoms with van der Waals surface area (Å²) in [6, 6.07) is 0. The molecule has 2 N–H and O–H groups in total. The summed E-state index contributed by atoms with van der Waals surface area (Å²) in [5.74, 6) is -0.586. The molecule has 1 fully saturated rings. The van der Waals surface area contributed by atoms with Gasteiger partial charge in [0.2, 0.25) is 5.91 Å². The Morgan fingerprint density at radius 3 is 2.31 bits per heavy atom. The van der Waals surface area contributed by atoms with Gasteiger partial charge in [-0.1, -0.05) is 0 Å². The van der Waals surface area contributed by atoms with E-state index in [2.05, 4.69) is 0 Å². The van der Waals surface area contributed by atoms with Crippen molar-refractivity contribution in [3.05, 3.63) is 0 Å². The SMILES string of the molecule is CC(CO)(CO)N1CC(S(=O)(=O)F)CC1=O. The van der Waals surface area contributed by atoms with Crippen LogP contribution in [-0.4, -0.2) is 60.0 Å². The fourth-order valence-electron chi connectivity index (χ4n) is 1.61. The molecular formula is C8H14FNO5S. The lowest BCUT2D eigenvalue weighted by molar-refractivity contribution is -0.136. The van der Waals surface area contributed by atoms with Crippen molar-refractivity contribution in [1.29, 1.82) is 0 Å². The first-order valence-corrected chi connectivity index (χ1v) is 6.15. The highest BCUT2D eigenvalue weighted by Gasteiger charge is 2.45. The fraction of sp³-hybridized carbons (Fsp3) is 0.875. The number of nitrogens with zero attached hydrogens (tertiary/aromatic N) is 1. The summed E-state index contributed by atoms with van der Waals surface area (Å²) < 4.78 is 34.0. The molecule has 0 bridgehead atoms. The van der Waals surface area contributed by atoms with Gasteiger partial charge in [0.1, 0.15) is 5.25 Å². The maximum atomic E-state index is 12.7. The van der Waals surface area contributed by atoms with E-state index < -0.39 is 46.6 Å². The topological polar surface area (TPSA) is 94.9 Å². The molecule has 0 saturated carbocycles. The first-order valence-electron chi connectivity index (χ1n) is 4.70. The van der Waals surface area contributed by atoms with E-state index in [9.17, 15) is 17.1 Å². The molecule has 0 aromatic rings. The number of aliphatic hydroxyl groups is 2. The van der Waals surface area contributed by atoms with Crippen LogP contribution in [0.2, 0.25) is 0 Å². The lowest BCUT2D eigenvalue weighted by Gasteiger charge is -2.35. The second-order valence-electron chi connectivity index (χ2n) is 4.12. The summed E-state index contributed by atoms with van der Waals surface area (Å²) in [5.41, 5.74) is -1.25. The monoisotopic (exact) mass is 255 g/mol. The van der Waals surface area contributed by atoms with Gasteiger partial charge in [0.15, 0.2) is 0 Å². The molecule has 0 aliphatic carbocycles. The van der Waals surface area contributed by atoms with Crippen molar-refractivity contribution < 1.29 is 27.3 Å². The largest absolute Gasteiger partial charge is 0.394 e. The summed E-state index contributed by atoms with van der Waals surface area (Å²) in [5, 5.41) is 16.7. The molecule has 0 aromatic heterocycles. The molecule has 1 rings (SSSR count). The van der Waals surface area contributed by atoms with Gasteiger partial charge in [-0.2, -0.15) is 8.42 Å². The zero-order valence-electron chi connectivity index (χ0n) is 8.76. The highest BCUT2D eigenvalue weighted by molar-refractivity contribution is 7.87. The van der Waals surface area contributed by atoms with E-state index in [1.165, 1.54) is 6.92 Å². The Labute approximate surface area is 92.9 Å². The molecule has 1 unspecified atom stereocenters. The Kier molecular flexibility index (Phi) is 3.56. The van der Waals surface area contributed by atoms with Crippen molar-refractivity contribution in [2.45, 2.75) is 24.1 Å². The molecule has 94 valence electrons. The number of hydrogen-bond acceptors (Lipinski definition) is 5. The number of aliphatic hydroxyl groups excluding tert-OH is 2. The van der Waals surface area contributed by atoms with Crippen LogP contribution in [0.25, 0.3) is 0 Å². The van der Waals surface area contributed by atoms with Crippen LogP contribution in [0.4, 0.5) is 3.89 Å². The van der Waals surface area contributed by atoms with Crippen LogP contribution in [-0.2, 0) is 15.0 Å². The number of rotatable bonds is 4. The number of carbonyl (C=O) groups is 1. The Hall–Kier alpha value is -0.730. The van der Waals surface area contributed by atoms with Gasteiger partial charge in [0.05, 0.1) is 18.8 Å². The molecule has 0 aromatic carbocycles. The van der Waals surface area contributed by atoms with Crippen molar-refractivity contribution in [3.63, 3.8) is 0 Å². The molecular weight excluding hydrogens is 241 g/mol. The van der Waals surface area contributed by atoms with Crippen LogP contribution in [0, 0.1) is 0 Å². The third-order valence-corrected chi connectivity index (χ3v) is 3.93. The predicted molar refractivity (Wildman–Crippen MR) is 52.7 cm³/mol. The molecule has 1 saturated heterocycles. The van der Waals surface area contributed by atoms with Gasteiger partial charge in [0.25, 0.3) is 0 Å². The number of hydrogen-bond donors (Lipinski definition) is 2. The molecule has 8 heteroatoms. The molecule has 1 atom stereocenters. The summed E-state index contributed by atoms with van der Waals surface area (Å²) >= 11 is 0. The van der Waals surface area contributed by atoms with Gasteiger partial charge in [-0.3, -0.25) is 4.79 Å². The Morgan fingerprint density at radius 1 is 1.50 bits per heavy atom. The lowest BCUT2D eigenvalue weighted by atomic mass is 10.0. The maximum absolute atomic E-state index is 12.7. The van der Waals surface area contributed by atoms with E-state index in [-0.39, 0.29) is 6.54 Å². The van der Waals surface area contributed by atoms with Crippen LogP contribution in [0.3, 0.4) is 0 Å². The van der Waals surface area contributed by atoms with Crippen LogP contribution in [0.15, 0.2) is 0 Å². The number of halogens is 1. The van der Waals surface area contributed by atoms with Crippen LogP contribution >= 0.6 is 0 Å². The van der Waals surface area contributed by atoms with Gasteiger partial charge in [0, 0.05) is 13.0 Å². The zero-order valence-corrected chi connectivity index (χ0v) is 9.57. The van der Waals surface area contributed by atoms with Crippen molar-refractivity contribution in [1.82, 2.24) is 4.90 Å². The van der Waals surface area contributed by atoms with Gasteiger partial charge in [-0.25, -0.2) is 0 Å². The molecule has 1 heterocycles. The predicted octanol–water partition coefficient (Wildman–Crippen LogP) is -1.37. The highest BCUT2D eigenvalue weighted by Crippen LogP contribution is 2.26. The second kappa shape index (κ2) is 4.27. The fourth-order valence-corrected chi connectivity index (χ4v) is 2.27. The first kappa shape index (κ1) is 13.3. The Balaban J connectivity index is 2.91. The summed E-state index contributed by atoms with van der Waals surface area (Å²) in [6.45, 7) is 0.0238. The van der Waals surface area contributed by atoms with Crippen LogP contribution in [0.5, 0.6) is 0 Å². The molecule has 1 aliphatic heterocycles. The number of likely N-dealkylation sites (tertiary alicyclic amines) is 1. The molecule has 1 aliphatic rings. The summed E-state index contributed by atoms with van der Waals surface area (Å²) in [6.07, 6.45) is -0.450. The maximum Gasteiger partial charge on any atom is 0.307 e. The van der Waals surface area contributed by atoms with Crippen molar-refractivity contribution in [3.8, 4) is 0 Å². The first-order chi connectivity index (χ1) is 7.24. The molecule has 1 amide bonds. The number of amides is 1. The number of carbonyl (C=O) groups excluding carboxylic acids is 1. The van der Waals surface area contributed by atoms with Gasteiger partial charge >= 0.3 is 10.2 Å². The summed E-state index contributed by atoms with van der Waals surface area (Å²) in [7, 11) is -4.77. The molecule has 0 radical (unpaired) electrons. The minimum absolute atomic E-state index is 0.338. The smallest absolute Gasteiger partial charge is 0.307 e. The molecule has 16 heavy (non-hydrogen) atoms. The summed E-state index contributed by atoms with van der Waals surface area (Å²) in [4.78, 5) is 12.5. The van der Waals surface area contributed by atoms with E-state index in [1.807, 2.05) is 0 Å². The Bertz CT molecular complexity index is 378. The van der Waals surface area contributed by atoms with Gasteiger partial charge in [-0.05, 0) is 6.92 Å². The van der Waals surface area contributed by atoms with E-state index in [1.54, 1.807) is 0 Å². The van der Waals surface area contributed by atoms with E-state index >= 15 is 0 Å². The van der Waals surface area contributed by atoms with Crippen molar-refractivity contribution >= 4 is 16.1 Å².